The van der Waals surface area contributed by atoms with Gasteiger partial charge in [0.1, 0.15) is 23.8 Å². The average Bonchev–Trinajstić information content (AvgIpc) is 3.33. The highest BCUT2D eigenvalue weighted by molar-refractivity contribution is 6.31. The van der Waals surface area contributed by atoms with Gasteiger partial charge in [-0.3, -0.25) is 9.48 Å². The lowest BCUT2D eigenvalue weighted by atomic mass is 10.1. The second-order valence-corrected chi connectivity index (χ2v) is 7.00. The van der Waals surface area contributed by atoms with E-state index in [0.717, 1.165) is 24.3 Å². The average molecular weight is 414 g/mol. The number of hydrogen-bond donors (Lipinski definition) is 0. The van der Waals surface area contributed by atoms with Crippen LogP contribution in [-0.2, 0) is 26.1 Å². The number of amides is 1. The Labute approximate surface area is 175 Å². The largest absolute Gasteiger partial charge is 0.485 e. The Morgan fingerprint density at radius 2 is 2.14 bits per heavy atom. The summed E-state index contributed by atoms with van der Waals surface area (Å²) in [6.45, 7) is 6.99. The Hall–Kier alpha value is -2.99. The molecule has 0 aliphatic rings. The number of halogens is 1. The van der Waals surface area contributed by atoms with Crippen LogP contribution in [0, 0.1) is 0 Å². The molecule has 0 spiro atoms. The fourth-order valence-corrected chi connectivity index (χ4v) is 3.09. The summed E-state index contributed by atoms with van der Waals surface area (Å²) in [5.74, 6) is 1.35. The maximum Gasteiger partial charge on any atom is 0.289 e. The molecule has 2 heterocycles. The van der Waals surface area contributed by atoms with Gasteiger partial charge < -0.3 is 14.1 Å². The summed E-state index contributed by atoms with van der Waals surface area (Å²) < 4.78 is 13.3. The van der Waals surface area contributed by atoms with Crippen LogP contribution in [0.4, 0.5) is 0 Å². The quantitative estimate of drug-likeness (QED) is 0.476. The normalized spacial score (nSPS) is 10.7. The van der Waals surface area contributed by atoms with Crippen LogP contribution in [0.1, 0.15) is 34.5 Å². The molecule has 152 valence electrons. The molecule has 0 radical (unpaired) electrons. The Kier molecular flexibility index (Phi) is 6.77. The van der Waals surface area contributed by atoms with Crippen molar-refractivity contribution in [3.05, 3.63) is 83.1 Å². The SMILES string of the molecule is C=CCc1ccccc1OCc1ccc(C(=O)N(C)Cc2nn(CC)cc2Cl)o1. The molecule has 0 saturated carbocycles. The summed E-state index contributed by atoms with van der Waals surface area (Å²) >= 11 is 6.19. The highest BCUT2D eigenvalue weighted by Gasteiger charge is 2.19. The van der Waals surface area contributed by atoms with Crippen LogP contribution in [0.3, 0.4) is 0 Å². The van der Waals surface area contributed by atoms with Crippen LogP contribution in [0.15, 0.2) is 59.7 Å². The molecule has 1 aromatic carbocycles. The van der Waals surface area contributed by atoms with E-state index < -0.39 is 0 Å². The number of hydrogen-bond acceptors (Lipinski definition) is 4. The van der Waals surface area contributed by atoms with Crippen molar-refractivity contribution in [1.29, 1.82) is 0 Å². The monoisotopic (exact) mass is 413 g/mol. The van der Waals surface area contributed by atoms with Crippen LogP contribution >= 0.6 is 11.6 Å². The molecule has 0 unspecified atom stereocenters. The van der Waals surface area contributed by atoms with E-state index in [0.29, 0.717) is 23.0 Å². The Morgan fingerprint density at radius 1 is 1.34 bits per heavy atom. The van der Waals surface area contributed by atoms with Crippen LogP contribution in [0.2, 0.25) is 5.02 Å². The van der Waals surface area contributed by atoms with Crippen LogP contribution in [-0.4, -0.2) is 27.6 Å². The number of furan rings is 1. The smallest absolute Gasteiger partial charge is 0.289 e. The van der Waals surface area contributed by atoms with Crippen LogP contribution < -0.4 is 4.74 Å². The molecular formula is C22H24ClN3O3. The van der Waals surface area contributed by atoms with Crippen molar-refractivity contribution in [2.24, 2.45) is 0 Å². The zero-order valence-corrected chi connectivity index (χ0v) is 17.4. The summed E-state index contributed by atoms with van der Waals surface area (Å²) in [5, 5.41) is 4.91. The van der Waals surface area contributed by atoms with Gasteiger partial charge in [0, 0.05) is 19.8 Å². The first-order chi connectivity index (χ1) is 14.0. The number of carbonyl (C=O) groups excluding carboxylic acids is 1. The van der Waals surface area contributed by atoms with Crippen molar-refractivity contribution in [1.82, 2.24) is 14.7 Å². The first-order valence-corrected chi connectivity index (χ1v) is 9.77. The van der Waals surface area contributed by atoms with E-state index in [-0.39, 0.29) is 18.3 Å². The zero-order chi connectivity index (χ0) is 20.8. The maximum absolute atomic E-state index is 12.7. The minimum absolute atomic E-state index is 0.234. The highest BCUT2D eigenvalue weighted by Crippen LogP contribution is 2.21. The van der Waals surface area contributed by atoms with E-state index in [4.69, 9.17) is 20.8 Å². The van der Waals surface area contributed by atoms with E-state index >= 15 is 0 Å². The van der Waals surface area contributed by atoms with Crippen molar-refractivity contribution >= 4 is 17.5 Å². The number of allylic oxidation sites excluding steroid dienone is 1. The van der Waals surface area contributed by atoms with E-state index in [9.17, 15) is 4.79 Å². The first kappa shape index (κ1) is 20.7. The lowest BCUT2D eigenvalue weighted by Crippen LogP contribution is -2.26. The number of nitrogens with zero attached hydrogens (tertiary/aromatic N) is 3. The molecule has 0 saturated heterocycles. The Morgan fingerprint density at radius 3 is 2.86 bits per heavy atom. The number of para-hydroxylation sites is 1. The van der Waals surface area contributed by atoms with Crippen LogP contribution in [0.25, 0.3) is 0 Å². The number of benzene rings is 1. The summed E-state index contributed by atoms with van der Waals surface area (Å²) in [6, 6.07) is 11.2. The summed E-state index contributed by atoms with van der Waals surface area (Å²) in [6.07, 6.45) is 4.30. The van der Waals surface area contributed by atoms with Gasteiger partial charge in [0.25, 0.3) is 5.91 Å². The van der Waals surface area contributed by atoms with Crippen molar-refractivity contribution in [2.75, 3.05) is 7.05 Å². The molecule has 1 amide bonds. The zero-order valence-electron chi connectivity index (χ0n) is 16.6. The Balaban J connectivity index is 1.62. The molecule has 0 aliphatic heterocycles. The van der Waals surface area contributed by atoms with Gasteiger partial charge in [0.05, 0.1) is 11.6 Å². The number of aromatic nitrogens is 2. The Bertz CT molecular complexity index is 993. The third kappa shape index (κ3) is 5.09. The molecule has 29 heavy (non-hydrogen) atoms. The van der Waals surface area contributed by atoms with Gasteiger partial charge in [-0.2, -0.15) is 5.10 Å². The molecule has 3 aromatic rings. The molecule has 2 aromatic heterocycles. The third-order valence-electron chi connectivity index (χ3n) is 4.42. The van der Waals surface area contributed by atoms with Gasteiger partial charge in [-0.25, -0.2) is 0 Å². The minimum atomic E-state index is -0.245. The molecule has 6 nitrogen and oxygen atoms in total. The van der Waals surface area contributed by atoms with E-state index in [1.165, 1.54) is 4.90 Å². The van der Waals surface area contributed by atoms with E-state index in [1.54, 1.807) is 30.1 Å². The summed E-state index contributed by atoms with van der Waals surface area (Å²) in [4.78, 5) is 14.2. The standard InChI is InChI=1S/C22H24ClN3O3/c1-4-8-16-9-6-7-10-20(16)28-15-17-11-12-21(29-17)22(27)25(3)14-19-18(23)13-26(5-2)24-19/h4,6-7,9-13H,1,5,8,14-15H2,2-3H3. The molecule has 7 heteroatoms. The fraction of sp³-hybridized carbons (Fsp3) is 0.273. The number of aryl methyl sites for hydroxylation is 1. The summed E-state index contributed by atoms with van der Waals surface area (Å²) in [7, 11) is 1.69. The third-order valence-corrected chi connectivity index (χ3v) is 4.74. The molecule has 0 fully saturated rings. The predicted octanol–water partition coefficient (Wildman–Crippen LogP) is 4.73. The van der Waals surface area contributed by atoms with Gasteiger partial charge >= 0.3 is 0 Å². The molecule has 0 N–H and O–H groups in total. The summed E-state index contributed by atoms with van der Waals surface area (Å²) in [5.41, 5.74) is 1.70. The van der Waals surface area contributed by atoms with Gasteiger partial charge in [0.2, 0.25) is 0 Å². The van der Waals surface area contributed by atoms with Crippen molar-refractivity contribution < 1.29 is 13.9 Å². The lowest BCUT2D eigenvalue weighted by Gasteiger charge is -2.14. The van der Waals surface area contributed by atoms with E-state index in [1.807, 2.05) is 37.3 Å². The highest BCUT2D eigenvalue weighted by atomic mass is 35.5. The number of carbonyl (C=O) groups is 1. The topological polar surface area (TPSA) is 60.5 Å². The number of rotatable bonds is 9. The van der Waals surface area contributed by atoms with Gasteiger partial charge in [-0.05, 0) is 37.1 Å². The fourth-order valence-electron chi connectivity index (χ4n) is 2.88. The number of ether oxygens (including phenoxy) is 1. The predicted molar refractivity (Wildman–Crippen MR) is 112 cm³/mol. The van der Waals surface area contributed by atoms with Crippen molar-refractivity contribution in [2.45, 2.75) is 33.0 Å². The van der Waals surface area contributed by atoms with Crippen LogP contribution in [0.5, 0.6) is 5.75 Å². The molecular weight excluding hydrogens is 390 g/mol. The van der Waals surface area contributed by atoms with E-state index in [2.05, 4.69) is 11.7 Å². The van der Waals surface area contributed by atoms with Gasteiger partial charge in [-0.15, -0.1) is 6.58 Å². The maximum atomic E-state index is 12.7. The first-order valence-electron chi connectivity index (χ1n) is 9.39. The van der Waals surface area contributed by atoms with Gasteiger partial charge in [0.15, 0.2) is 5.76 Å². The molecule has 0 bridgehead atoms. The van der Waals surface area contributed by atoms with Crippen molar-refractivity contribution in [3.8, 4) is 5.75 Å². The van der Waals surface area contributed by atoms with Gasteiger partial charge in [-0.1, -0.05) is 35.9 Å². The lowest BCUT2D eigenvalue weighted by molar-refractivity contribution is 0.0747. The van der Waals surface area contributed by atoms with Crippen molar-refractivity contribution in [3.63, 3.8) is 0 Å². The molecule has 3 rings (SSSR count). The molecule has 0 aliphatic carbocycles. The second kappa shape index (κ2) is 9.47. The second-order valence-electron chi connectivity index (χ2n) is 6.60. The minimum Gasteiger partial charge on any atom is -0.485 e. The molecule has 0 atom stereocenters.